The smallest absolute Gasteiger partial charge is 0.0742 e. The molecule has 0 saturated carbocycles. The molecule has 67 valence electrons. The molecule has 0 aromatic carbocycles. The van der Waals surface area contributed by atoms with E-state index in [1.54, 1.807) is 12.3 Å². The molecular formula is C8H7BrN2OY-2. The molecule has 1 heterocycles. The Hall–Kier alpha value is -0.0561. The van der Waals surface area contributed by atoms with Crippen molar-refractivity contribution in [3.63, 3.8) is 0 Å². The fourth-order valence-corrected chi connectivity index (χ4v) is 1.10. The van der Waals surface area contributed by atoms with Crippen LogP contribution in [0.15, 0.2) is 16.7 Å². The van der Waals surface area contributed by atoms with E-state index < -0.39 is 5.91 Å². The Morgan fingerprint density at radius 3 is 2.69 bits per heavy atom. The van der Waals surface area contributed by atoms with Crippen molar-refractivity contribution in [2.24, 2.45) is 0 Å². The van der Waals surface area contributed by atoms with Crippen LogP contribution in [-0.2, 0) is 37.5 Å². The number of rotatable bonds is 1. The van der Waals surface area contributed by atoms with Gasteiger partial charge in [-0.1, -0.05) is 15.9 Å². The Bertz CT molecular complexity index is 317. The first-order valence-electron chi connectivity index (χ1n) is 3.20. The van der Waals surface area contributed by atoms with Crippen molar-refractivity contribution >= 4 is 27.7 Å². The maximum Gasteiger partial charge on any atom is 0.0742 e. The van der Waals surface area contributed by atoms with Crippen molar-refractivity contribution in [1.82, 2.24) is 4.98 Å². The predicted molar refractivity (Wildman–Crippen MR) is 50.4 cm³/mol. The SMILES string of the molecule is [CH2-]C(=O)Nc1ncc(Br)cc1[CH2-].[Y]. The van der Waals surface area contributed by atoms with E-state index in [1.807, 2.05) is 0 Å². The molecule has 0 aliphatic carbocycles. The second-order valence-corrected chi connectivity index (χ2v) is 3.13. The van der Waals surface area contributed by atoms with Gasteiger partial charge in [0.25, 0.3) is 0 Å². The summed E-state index contributed by atoms with van der Waals surface area (Å²) in [6.45, 7) is 6.87. The third kappa shape index (κ3) is 4.11. The van der Waals surface area contributed by atoms with Crippen LogP contribution < -0.4 is 5.32 Å². The van der Waals surface area contributed by atoms with Gasteiger partial charge in [-0.3, -0.25) is 0 Å². The number of aromatic nitrogens is 1. The van der Waals surface area contributed by atoms with Gasteiger partial charge < -0.3 is 22.0 Å². The molecule has 0 unspecified atom stereocenters. The van der Waals surface area contributed by atoms with Gasteiger partial charge in [0.15, 0.2) is 0 Å². The Morgan fingerprint density at radius 2 is 2.23 bits per heavy atom. The fraction of sp³-hybridized carbons (Fsp3) is 0. The molecule has 5 heteroatoms. The molecule has 0 aliphatic rings. The second-order valence-electron chi connectivity index (χ2n) is 2.21. The number of amides is 1. The van der Waals surface area contributed by atoms with E-state index in [-0.39, 0.29) is 32.7 Å². The van der Waals surface area contributed by atoms with Gasteiger partial charge in [0, 0.05) is 44.7 Å². The molecule has 0 saturated heterocycles. The molecule has 1 rings (SSSR count). The summed E-state index contributed by atoms with van der Waals surface area (Å²) >= 11 is 3.23. The van der Waals surface area contributed by atoms with Gasteiger partial charge in [0.1, 0.15) is 0 Å². The Morgan fingerprint density at radius 1 is 1.62 bits per heavy atom. The minimum absolute atomic E-state index is 0. The Labute approximate surface area is 111 Å². The molecule has 13 heavy (non-hydrogen) atoms. The number of halogens is 1. The first kappa shape index (κ1) is 12.9. The number of carbonyl (C=O) groups excluding carboxylic acids is 1. The van der Waals surface area contributed by atoms with Crippen LogP contribution in [0.1, 0.15) is 5.56 Å². The van der Waals surface area contributed by atoms with Crippen molar-refractivity contribution in [1.29, 1.82) is 0 Å². The number of hydrogen-bond acceptors (Lipinski definition) is 2. The molecular weight excluding hydrogens is 309 g/mol. The topological polar surface area (TPSA) is 42.0 Å². The summed E-state index contributed by atoms with van der Waals surface area (Å²) in [5.41, 5.74) is 0.654. The van der Waals surface area contributed by atoms with Gasteiger partial charge in [-0.05, 0) is 4.47 Å². The summed E-state index contributed by atoms with van der Waals surface area (Å²) < 4.78 is 0.828. The third-order valence-corrected chi connectivity index (χ3v) is 1.62. The van der Waals surface area contributed by atoms with E-state index in [4.69, 9.17) is 0 Å². The molecule has 0 fully saturated rings. The molecule has 0 atom stereocenters. The van der Waals surface area contributed by atoms with E-state index >= 15 is 0 Å². The van der Waals surface area contributed by atoms with Crippen LogP contribution in [0.2, 0.25) is 0 Å². The quantitative estimate of drug-likeness (QED) is 0.803. The first-order chi connectivity index (χ1) is 5.59. The summed E-state index contributed by atoms with van der Waals surface area (Å²) in [7, 11) is 0. The molecule has 1 amide bonds. The van der Waals surface area contributed by atoms with Crippen LogP contribution in [0.25, 0.3) is 0 Å². The summed E-state index contributed by atoms with van der Waals surface area (Å²) in [4.78, 5) is 14.5. The zero-order valence-corrected chi connectivity index (χ0v) is 11.3. The van der Waals surface area contributed by atoms with E-state index in [0.717, 1.165) is 4.47 Å². The third-order valence-electron chi connectivity index (χ3n) is 1.19. The Kier molecular flexibility index (Phi) is 5.60. The van der Waals surface area contributed by atoms with Crippen LogP contribution in [0, 0.1) is 13.8 Å². The van der Waals surface area contributed by atoms with Crippen molar-refractivity contribution in [2.75, 3.05) is 5.32 Å². The van der Waals surface area contributed by atoms with E-state index in [1.165, 1.54) is 0 Å². The first-order valence-corrected chi connectivity index (χ1v) is 3.99. The molecule has 0 aliphatic heterocycles. The second kappa shape index (κ2) is 5.63. The van der Waals surface area contributed by atoms with Crippen molar-refractivity contribution < 1.29 is 37.5 Å². The minimum atomic E-state index is -0.394. The largest absolute Gasteiger partial charge is 0.389 e. The molecule has 3 nitrogen and oxygen atoms in total. The van der Waals surface area contributed by atoms with Gasteiger partial charge in [-0.15, -0.1) is 6.07 Å². The van der Waals surface area contributed by atoms with Gasteiger partial charge in [-0.2, -0.15) is 12.5 Å². The van der Waals surface area contributed by atoms with E-state index in [9.17, 15) is 4.79 Å². The van der Waals surface area contributed by atoms with Crippen molar-refractivity contribution in [2.45, 2.75) is 0 Å². The van der Waals surface area contributed by atoms with E-state index in [0.29, 0.717) is 11.4 Å². The number of nitrogens with one attached hydrogen (secondary N) is 1. The van der Waals surface area contributed by atoms with Crippen LogP contribution in [-0.4, -0.2) is 10.9 Å². The van der Waals surface area contributed by atoms with E-state index in [2.05, 4.69) is 40.1 Å². The number of hydrogen-bond donors (Lipinski definition) is 1. The van der Waals surface area contributed by atoms with Crippen LogP contribution in [0.5, 0.6) is 0 Å². The van der Waals surface area contributed by atoms with Crippen LogP contribution >= 0.6 is 15.9 Å². The molecule has 1 N–H and O–H groups in total. The van der Waals surface area contributed by atoms with Gasteiger partial charge in [-0.25, -0.2) is 0 Å². The standard InChI is InChI=1S/C8H7BrN2O.Y/c1-5-3-7(9)4-10-8(5)11-6(2)12;/h3-4H,1-2H2,(H,10,11,12);/q-2;. The zero-order valence-electron chi connectivity index (χ0n) is 6.88. The van der Waals surface area contributed by atoms with Crippen LogP contribution in [0.4, 0.5) is 5.82 Å². The monoisotopic (exact) mass is 315 g/mol. The zero-order chi connectivity index (χ0) is 9.14. The summed E-state index contributed by atoms with van der Waals surface area (Å²) in [6.07, 6.45) is 1.58. The van der Waals surface area contributed by atoms with Gasteiger partial charge >= 0.3 is 0 Å². The molecule has 0 spiro atoms. The maximum absolute atomic E-state index is 10.5. The number of anilines is 1. The summed E-state index contributed by atoms with van der Waals surface area (Å²) in [5.74, 6) is 0.0490. The summed E-state index contributed by atoms with van der Waals surface area (Å²) in [5, 5.41) is 2.46. The molecule has 1 aromatic rings. The van der Waals surface area contributed by atoms with Crippen molar-refractivity contribution in [3.8, 4) is 0 Å². The average Bonchev–Trinajstić information content (AvgIpc) is 1.94. The minimum Gasteiger partial charge on any atom is -0.389 e. The summed E-state index contributed by atoms with van der Waals surface area (Å²) in [6, 6.07) is 1.76. The molecule has 0 bridgehead atoms. The normalized spacial score (nSPS) is 8.69. The number of carbonyl (C=O) groups is 1. The Balaban J connectivity index is 0.00000144. The predicted octanol–water partition coefficient (Wildman–Crippen LogP) is 1.80. The average molecular weight is 316 g/mol. The number of pyridine rings is 1. The fourth-order valence-electron chi connectivity index (χ4n) is 0.726. The van der Waals surface area contributed by atoms with Gasteiger partial charge in [0.2, 0.25) is 0 Å². The number of nitrogens with zero attached hydrogens (tertiary/aromatic N) is 1. The van der Waals surface area contributed by atoms with Gasteiger partial charge in [0.05, 0.1) is 5.91 Å². The molecule has 1 radical (unpaired) electrons. The maximum atomic E-state index is 10.5. The molecule has 1 aromatic heterocycles. The van der Waals surface area contributed by atoms with Crippen molar-refractivity contribution in [3.05, 3.63) is 36.1 Å². The van der Waals surface area contributed by atoms with Crippen LogP contribution in [0.3, 0.4) is 0 Å².